The SMILES string of the molecule is COc1c2cc(C(C)(C)C)cc1Cc1cc(C(C)(C)C)cc(c1OC)Cc1cc(C(C)(C)C)cc(c1OC)Cc1cc(C(C)(C)C)cc(c1OC)Cc1cc(C(C)(C)C)cc(c1OC)Cc1cc(C(C)(C)C)cc(c1OC)Cc1cc(C(C)(C)C)cc(c1OC)C2. The van der Waals surface area contributed by atoms with Crippen LogP contribution in [-0.4, -0.2) is 49.8 Å². The average molecular weight is 1230 g/mol. The first kappa shape index (κ1) is 70.0. The molecule has 0 radical (unpaired) electrons. The molecule has 0 aromatic heterocycles. The predicted molar refractivity (Wildman–Crippen MR) is 382 cm³/mol. The standard InChI is InChI=1S/C84H112O7/c1-78(2,3)64-36-50-29-52-38-65(79(4,5)6)40-54(72(52)86-23)31-56-42-67(81(10,11)12)44-58(74(56)88-25)33-60-46-69(83(16,17)18)48-62(76(60)90-27)35-63-49-70(84(19,20)21)47-61(77(63)91-28)34-59-45-68(82(13,14)15)43-57(75(59)89-26)32-55-41-66(80(7,8)9)39-53(73(55)87-24)30-51(37-64)71(50)85-22/h36-49H,29-35H2,1-28H3. The van der Waals surface area contributed by atoms with E-state index in [2.05, 4.69) is 230 Å². The molecule has 0 saturated heterocycles. The molecule has 0 heterocycles. The number of benzene rings is 7. The molecule has 490 valence electrons. The molecule has 8 rings (SSSR count). The molecule has 0 spiro atoms. The van der Waals surface area contributed by atoms with Crippen molar-refractivity contribution in [2.75, 3.05) is 49.8 Å². The van der Waals surface area contributed by atoms with Gasteiger partial charge in [-0.15, -0.1) is 0 Å². The fourth-order valence-electron chi connectivity index (χ4n) is 13.4. The van der Waals surface area contributed by atoms with Gasteiger partial charge in [-0.05, 0) is 155 Å². The third kappa shape index (κ3) is 15.3. The van der Waals surface area contributed by atoms with Gasteiger partial charge in [0, 0.05) is 44.9 Å². The van der Waals surface area contributed by atoms with Crippen molar-refractivity contribution in [3.8, 4) is 40.2 Å². The Hall–Kier alpha value is -6.86. The quantitative estimate of drug-likeness (QED) is 0.158. The Morgan fingerprint density at radius 3 is 0.297 bits per heavy atom. The van der Waals surface area contributed by atoms with Crippen molar-refractivity contribution < 1.29 is 33.2 Å². The van der Waals surface area contributed by atoms with Gasteiger partial charge in [-0.2, -0.15) is 0 Å². The third-order valence-corrected chi connectivity index (χ3v) is 18.9. The molecule has 0 unspecified atom stereocenters. The second kappa shape index (κ2) is 25.9. The highest BCUT2D eigenvalue weighted by Crippen LogP contribution is 2.47. The Kier molecular flexibility index (Phi) is 19.9. The lowest BCUT2D eigenvalue weighted by Gasteiger charge is -2.28. The van der Waals surface area contributed by atoms with Gasteiger partial charge in [-0.1, -0.05) is 230 Å². The molecular weight excluding hydrogens is 1120 g/mol. The smallest absolute Gasteiger partial charge is 0.125 e. The number of hydrogen-bond acceptors (Lipinski definition) is 7. The summed E-state index contributed by atoms with van der Waals surface area (Å²) in [5.74, 6) is 6.08. The van der Waals surface area contributed by atoms with Crippen molar-refractivity contribution in [1.82, 2.24) is 0 Å². The molecule has 0 atom stereocenters. The summed E-state index contributed by atoms with van der Waals surface area (Å²) in [5.41, 5.74) is 22.8. The van der Waals surface area contributed by atoms with E-state index >= 15 is 0 Å². The molecule has 0 amide bonds. The van der Waals surface area contributed by atoms with Crippen LogP contribution in [0.15, 0.2) is 84.9 Å². The minimum absolute atomic E-state index is 0.183. The van der Waals surface area contributed by atoms with Crippen LogP contribution >= 0.6 is 0 Å². The molecule has 7 nitrogen and oxygen atoms in total. The monoisotopic (exact) mass is 1230 g/mol. The largest absolute Gasteiger partial charge is 0.496 e. The first-order valence-corrected chi connectivity index (χ1v) is 33.1. The van der Waals surface area contributed by atoms with E-state index in [4.69, 9.17) is 33.2 Å². The van der Waals surface area contributed by atoms with Crippen LogP contribution in [-0.2, 0) is 82.9 Å². The Morgan fingerprint density at radius 1 is 0.165 bits per heavy atom. The lowest BCUT2D eigenvalue weighted by molar-refractivity contribution is 0.395. The van der Waals surface area contributed by atoms with Crippen molar-refractivity contribution in [3.63, 3.8) is 0 Å². The van der Waals surface area contributed by atoms with E-state index in [1.807, 2.05) is 49.8 Å². The predicted octanol–water partition coefficient (Wildman–Crippen LogP) is 20.3. The minimum atomic E-state index is -0.183. The number of ether oxygens (including phenoxy) is 7. The summed E-state index contributed by atoms with van der Waals surface area (Å²) in [4.78, 5) is 0. The number of hydrogen-bond donors (Lipinski definition) is 0. The van der Waals surface area contributed by atoms with Crippen LogP contribution in [0.1, 0.15) is 262 Å². The molecule has 1 aliphatic carbocycles. The van der Waals surface area contributed by atoms with Crippen LogP contribution in [0.2, 0.25) is 0 Å². The van der Waals surface area contributed by atoms with E-state index in [-0.39, 0.29) is 37.9 Å². The van der Waals surface area contributed by atoms with Gasteiger partial charge in [-0.3, -0.25) is 0 Å². The summed E-state index contributed by atoms with van der Waals surface area (Å²) < 4.78 is 47.0. The summed E-state index contributed by atoms with van der Waals surface area (Å²) in [7, 11) is 12.8. The van der Waals surface area contributed by atoms with Crippen LogP contribution in [0.4, 0.5) is 0 Å². The lowest BCUT2D eigenvalue weighted by Crippen LogP contribution is -2.17. The molecule has 14 bridgehead atoms. The van der Waals surface area contributed by atoms with E-state index in [0.717, 1.165) is 118 Å². The zero-order chi connectivity index (χ0) is 67.5. The number of rotatable bonds is 7. The maximum absolute atomic E-state index is 6.72. The Bertz CT molecular complexity index is 2950. The average Bonchev–Trinajstić information content (AvgIpc) is 1.12. The van der Waals surface area contributed by atoms with Crippen LogP contribution in [0.5, 0.6) is 40.2 Å². The van der Waals surface area contributed by atoms with Gasteiger partial charge < -0.3 is 33.2 Å². The van der Waals surface area contributed by atoms with Crippen molar-refractivity contribution >= 4 is 0 Å². The summed E-state index contributed by atoms with van der Waals surface area (Å²) in [5, 5.41) is 0. The van der Waals surface area contributed by atoms with E-state index < -0.39 is 0 Å². The fourth-order valence-corrected chi connectivity index (χ4v) is 13.4. The van der Waals surface area contributed by atoms with E-state index in [0.29, 0.717) is 44.9 Å². The molecule has 0 saturated carbocycles. The second-order valence-corrected chi connectivity index (χ2v) is 33.3. The van der Waals surface area contributed by atoms with E-state index in [9.17, 15) is 0 Å². The zero-order valence-corrected chi connectivity index (χ0v) is 61.4. The summed E-state index contributed by atoms with van der Waals surface area (Å²) >= 11 is 0. The maximum Gasteiger partial charge on any atom is 0.125 e. The molecule has 7 heteroatoms. The summed E-state index contributed by atoms with van der Waals surface area (Å²) in [6.07, 6.45) is 4.09. The van der Waals surface area contributed by atoms with Crippen LogP contribution in [0, 0.1) is 0 Å². The number of methoxy groups -OCH3 is 7. The Morgan fingerprint density at radius 2 is 0.242 bits per heavy atom. The van der Waals surface area contributed by atoms with Gasteiger partial charge in [0.2, 0.25) is 0 Å². The Labute approximate surface area is 550 Å². The van der Waals surface area contributed by atoms with Crippen molar-refractivity contribution in [2.24, 2.45) is 0 Å². The highest BCUT2D eigenvalue weighted by Gasteiger charge is 2.32. The van der Waals surface area contributed by atoms with Crippen LogP contribution < -0.4 is 33.2 Å². The van der Waals surface area contributed by atoms with Crippen molar-refractivity contribution in [1.29, 1.82) is 0 Å². The number of fused-ring (bicyclic) bond motifs is 14. The van der Waals surface area contributed by atoms with E-state index in [1.54, 1.807) is 0 Å². The molecule has 0 fully saturated rings. The first-order chi connectivity index (χ1) is 42.1. The van der Waals surface area contributed by atoms with Gasteiger partial charge in [0.05, 0.1) is 49.8 Å². The molecule has 7 aromatic rings. The van der Waals surface area contributed by atoms with Gasteiger partial charge >= 0.3 is 0 Å². The van der Waals surface area contributed by atoms with Crippen molar-refractivity contribution in [3.05, 3.63) is 202 Å². The third-order valence-electron chi connectivity index (χ3n) is 18.9. The van der Waals surface area contributed by atoms with Crippen LogP contribution in [0.25, 0.3) is 0 Å². The topological polar surface area (TPSA) is 64.6 Å². The van der Waals surface area contributed by atoms with Crippen LogP contribution in [0.3, 0.4) is 0 Å². The fraction of sp³-hybridized carbons (Fsp3) is 0.500. The molecule has 0 aliphatic heterocycles. The molecular formula is C84H112O7. The van der Waals surface area contributed by atoms with Crippen molar-refractivity contribution in [2.45, 2.75) is 228 Å². The minimum Gasteiger partial charge on any atom is -0.496 e. The molecule has 91 heavy (non-hydrogen) atoms. The molecule has 0 N–H and O–H groups in total. The molecule has 7 aromatic carbocycles. The first-order valence-electron chi connectivity index (χ1n) is 33.1. The zero-order valence-electron chi connectivity index (χ0n) is 61.4. The molecule has 1 aliphatic rings. The lowest BCUT2D eigenvalue weighted by atomic mass is 9.79. The Balaban J connectivity index is 1.54. The summed E-state index contributed by atoms with van der Waals surface area (Å²) in [6, 6.07) is 33.2. The van der Waals surface area contributed by atoms with E-state index in [1.165, 1.54) is 38.9 Å². The normalized spacial score (nSPS) is 13.8. The van der Waals surface area contributed by atoms with Gasteiger partial charge in [-0.25, -0.2) is 0 Å². The van der Waals surface area contributed by atoms with Gasteiger partial charge in [0.15, 0.2) is 0 Å². The second-order valence-electron chi connectivity index (χ2n) is 33.3. The highest BCUT2D eigenvalue weighted by molar-refractivity contribution is 5.62. The van der Waals surface area contributed by atoms with Gasteiger partial charge in [0.1, 0.15) is 40.2 Å². The maximum atomic E-state index is 6.72. The highest BCUT2D eigenvalue weighted by atomic mass is 16.5. The summed E-state index contributed by atoms with van der Waals surface area (Å²) in [6.45, 7) is 48.4. The van der Waals surface area contributed by atoms with Gasteiger partial charge in [0.25, 0.3) is 0 Å².